The Morgan fingerprint density at radius 3 is 2.94 bits per heavy atom. The number of ketones is 1. The summed E-state index contributed by atoms with van der Waals surface area (Å²) in [6, 6.07) is 0. The molecule has 0 unspecified atom stereocenters. The first-order valence-corrected chi connectivity index (χ1v) is 5.29. The van der Waals surface area contributed by atoms with Gasteiger partial charge in [0.05, 0.1) is 18.4 Å². The minimum atomic E-state index is -0.0683. The molecule has 7 heteroatoms. The third-order valence-electron chi connectivity index (χ3n) is 2.30. The van der Waals surface area contributed by atoms with E-state index >= 15 is 0 Å². The number of Topliss-reactive ketones (excluding diaryl/α,β-unsaturated/α-hetero) is 1. The van der Waals surface area contributed by atoms with Gasteiger partial charge in [-0.25, -0.2) is 4.98 Å². The van der Waals surface area contributed by atoms with Gasteiger partial charge in [0.1, 0.15) is 5.69 Å². The molecule has 0 atom stereocenters. The van der Waals surface area contributed by atoms with E-state index in [1.54, 1.807) is 35.0 Å². The quantitative estimate of drug-likeness (QED) is 0.697. The summed E-state index contributed by atoms with van der Waals surface area (Å²) in [5.41, 5.74) is 6.50. The zero-order valence-corrected chi connectivity index (χ0v) is 9.58. The first-order chi connectivity index (χ1) is 8.19. The molecule has 2 aromatic rings. The van der Waals surface area contributed by atoms with Crippen LogP contribution in [0.4, 0.5) is 0 Å². The molecule has 2 heterocycles. The molecule has 0 saturated carbocycles. The fourth-order valence-corrected chi connectivity index (χ4v) is 1.51. The van der Waals surface area contributed by atoms with Gasteiger partial charge in [0.2, 0.25) is 0 Å². The number of nitrogens with zero attached hydrogens (tertiary/aromatic N) is 5. The number of nitrogens with two attached hydrogens (primary N) is 1. The summed E-state index contributed by atoms with van der Waals surface area (Å²) in [5.74, 6) is -0.0683. The van der Waals surface area contributed by atoms with E-state index in [2.05, 4.69) is 15.3 Å². The summed E-state index contributed by atoms with van der Waals surface area (Å²) < 4.78 is 3.36. The van der Waals surface area contributed by atoms with Crippen molar-refractivity contribution in [3.05, 3.63) is 30.1 Å². The van der Waals surface area contributed by atoms with Crippen molar-refractivity contribution in [2.45, 2.75) is 13.0 Å². The van der Waals surface area contributed by atoms with Gasteiger partial charge in [-0.05, 0) is 0 Å². The summed E-state index contributed by atoms with van der Waals surface area (Å²) in [6.45, 7) is 1.18. The van der Waals surface area contributed by atoms with Crippen molar-refractivity contribution in [3.63, 3.8) is 0 Å². The molecule has 0 aliphatic heterocycles. The van der Waals surface area contributed by atoms with Crippen molar-refractivity contribution in [2.75, 3.05) is 6.54 Å². The van der Waals surface area contributed by atoms with Gasteiger partial charge in [0.25, 0.3) is 0 Å². The lowest BCUT2D eigenvalue weighted by Gasteiger charge is -1.95. The molecule has 0 aromatic carbocycles. The Bertz CT molecular complexity index is 514. The minimum Gasteiger partial charge on any atom is -0.335 e. The van der Waals surface area contributed by atoms with Crippen LogP contribution >= 0.6 is 0 Å². The highest BCUT2D eigenvalue weighted by atomic mass is 16.1. The van der Waals surface area contributed by atoms with Crippen LogP contribution in [0.3, 0.4) is 0 Å². The molecule has 0 fully saturated rings. The van der Waals surface area contributed by atoms with Gasteiger partial charge >= 0.3 is 0 Å². The lowest BCUT2D eigenvalue weighted by atomic mass is 10.2. The third kappa shape index (κ3) is 2.76. The summed E-state index contributed by atoms with van der Waals surface area (Å²) in [4.78, 5) is 15.9. The van der Waals surface area contributed by atoms with Crippen molar-refractivity contribution < 1.29 is 4.79 Å². The van der Waals surface area contributed by atoms with Crippen molar-refractivity contribution in [3.8, 4) is 0 Å². The van der Waals surface area contributed by atoms with E-state index in [-0.39, 0.29) is 12.2 Å². The molecule has 90 valence electrons. The van der Waals surface area contributed by atoms with E-state index < -0.39 is 0 Å². The van der Waals surface area contributed by atoms with E-state index in [1.807, 2.05) is 0 Å². The molecule has 0 saturated heterocycles. The topological polar surface area (TPSA) is 91.6 Å². The van der Waals surface area contributed by atoms with Crippen LogP contribution in [0.2, 0.25) is 0 Å². The van der Waals surface area contributed by atoms with Crippen LogP contribution in [-0.4, -0.2) is 36.9 Å². The van der Waals surface area contributed by atoms with Crippen LogP contribution < -0.4 is 5.73 Å². The summed E-state index contributed by atoms with van der Waals surface area (Å²) in [5, 5.41) is 7.63. The molecule has 0 aliphatic carbocycles. The normalized spacial score (nSPS) is 10.7. The molecule has 0 radical (unpaired) electrons. The number of hydrogen-bond acceptors (Lipinski definition) is 5. The van der Waals surface area contributed by atoms with Gasteiger partial charge in [-0.2, -0.15) is 0 Å². The predicted molar refractivity (Wildman–Crippen MR) is 60.3 cm³/mol. The smallest absolute Gasteiger partial charge is 0.188 e. The lowest BCUT2D eigenvalue weighted by molar-refractivity contribution is 0.0987. The maximum Gasteiger partial charge on any atom is 0.188 e. The van der Waals surface area contributed by atoms with Crippen LogP contribution in [0.25, 0.3) is 0 Å². The molecule has 17 heavy (non-hydrogen) atoms. The number of carbonyl (C=O) groups excluding carboxylic acids is 1. The Morgan fingerprint density at radius 2 is 2.29 bits per heavy atom. The van der Waals surface area contributed by atoms with Crippen molar-refractivity contribution in [1.82, 2.24) is 24.5 Å². The van der Waals surface area contributed by atoms with Gasteiger partial charge in [-0.15, -0.1) is 5.10 Å². The molecule has 2 rings (SSSR count). The predicted octanol–water partition coefficient (Wildman–Crippen LogP) is -0.604. The highest BCUT2D eigenvalue weighted by Crippen LogP contribution is 2.03. The Labute approximate surface area is 98.2 Å². The molecule has 2 N–H and O–H groups in total. The number of rotatable bonds is 5. The average molecular weight is 234 g/mol. The Kier molecular flexibility index (Phi) is 3.29. The monoisotopic (exact) mass is 234 g/mol. The number of aromatic nitrogens is 5. The Hall–Kier alpha value is -2.02. The number of hydrogen-bond donors (Lipinski definition) is 1. The van der Waals surface area contributed by atoms with Crippen LogP contribution in [0.1, 0.15) is 16.2 Å². The first kappa shape index (κ1) is 11.5. The van der Waals surface area contributed by atoms with Crippen LogP contribution in [0.5, 0.6) is 0 Å². The van der Waals surface area contributed by atoms with Crippen molar-refractivity contribution >= 4 is 5.78 Å². The van der Waals surface area contributed by atoms with Gasteiger partial charge in [0.15, 0.2) is 5.78 Å². The summed E-state index contributed by atoms with van der Waals surface area (Å²) >= 11 is 0. The van der Waals surface area contributed by atoms with Crippen LogP contribution in [-0.2, 0) is 20.0 Å². The Balaban J connectivity index is 2.03. The molecule has 0 bridgehead atoms. The van der Waals surface area contributed by atoms with Gasteiger partial charge in [0, 0.05) is 32.5 Å². The number of imidazole rings is 1. The van der Waals surface area contributed by atoms with Crippen molar-refractivity contribution in [1.29, 1.82) is 0 Å². The SMILES string of the molecule is Cn1cc(CC(=O)c2cn(CCN)cn2)nn1. The molecule has 0 amide bonds. The number of aryl methyl sites for hydroxylation is 1. The highest BCUT2D eigenvalue weighted by Gasteiger charge is 2.12. The van der Waals surface area contributed by atoms with Gasteiger partial charge in [-0.3, -0.25) is 9.48 Å². The minimum absolute atomic E-state index is 0.0683. The van der Waals surface area contributed by atoms with E-state index in [1.165, 1.54) is 0 Å². The van der Waals surface area contributed by atoms with E-state index in [0.717, 1.165) is 0 Å². The zero-order chi connectivity index (χ0) is 12.3. The van der Waals surface area contributed by atoms with Gasteiger partial charge in [-0.1, -0.05) is 5.21 Å². The first-order valence-electron chi connectivity index (χ1n) is 5.29. The second-order valence-corrected chi connectivity index (χ2v) is 3.77. The number of carbonyl (C=O) groups is 1. The lowest BCUT2D eigenvalue weighted by Crippen LogP contribution is -2.08. The molecule has 0 spiro atoms. The van der Waals surface area contributed by atoms with Crippen LogP contribution in [0.15, 0.2) is 18.7 Å². The van der Waals surface area contributed by atoms with E-state index in [4.69, 9.17) is 5.73 Å². The largest absolute Gasteiger partial charge is 0.335 e. The molecule has 7 nitrogen and oxygen atoms in total. The molecular weight excluding hydrogens is 220 g/mol. The molecular formula is C10H14N6O. The van der Waals surface area contributed by atoms with Crippen molar-refractivity contribution in [2.24, 2.45) is 12.8 Å². The maximum absolute atomic E-state index is 11.9. The second kappa shape index (κ2) is 4.88. The molecule has 0 aliphatic rings. The van der Waals surface area contributed by atoms with E-state index in [9.17, 15) is 4.79 Å². The summed E-state index contributed by atoms with van der Waals surface area (Å²) in [6.07, 6.45) is 5.24. The highest BCUT2D eigenvalue weighted by molar-refractivity contribution is 5.95. The maximum atomic E-state index is 11.9. The fourth-order valence-electron chi connectivity index (χ4n) is 1.51. The Morgan fingerprint density at radius 1 is 1.47 bits per heavy atom. The standard InChI is InChI=1S/C10H14N6O/c1-15-5-8(13-14-15)4-10(17)9-6-16(3-2-11)7-12-9/h5-7H,2-4,11H2,1H3. The van der Waals surface area contributed by atoms with Crippen LogP contribution in [0, 0.1) is 0 Å². The molecule has 2 aromatic heterocycles. The van der Waals surface area contributed by atoms with E-state index in [0.29, 0.717) is 24.5 Å². The zero-order valence-electron chi connectivity index (χ0n) is 9.58. The fraction of sp³-hybridized carbons (Fsp3) is 0.400. The second-order valence-electron chi connectivity index (χ2n) is 3.77. The third-order valence-corrected chi connectivity index (χ3v) is 2.30. The van der Waals surface area contributed by atoms with Gasteiger partial charge < -0.3 is 10.3 Å². The average Bonchev–Trinajstić information content (AvgIpc) is 2.88. The summed E-state index contributed by atoms with van der Waals surface area (Å²) in [7, 11) is 1.76.